The van der Waals surface area contributed by atoms with Crippen LogP contribution in [0.25, 0.3) is 0 Å². The van der Waals surface area contributed by atoms with Crippen LogP contribution >= 0.6 is 0 Å². The highest BCUT2D eigenvalue weighted by molar-refractivity contribution is 5.77. The lowest BCUT2D eigenvalue weighted by atomic mass is 9.83. The van der Waals surface area contributed by atoms with Gasteiger partial charge in [-0.3, -0.25) is 4.79 Å². The van der Waals surface area contributed by atoms with Gasteiger partial charge in [-0.25, -0.2) is 4.98 Å². The molecule has 1 aromatic heterocycles. The topological polar surface area (TPSA) is 45.8 Å². The lowest BCUT2D eigenvalue weighted by Gasteiger charge is -2.23. The van der Waals surface area contributed by atoms with Crippen LogP contribution in [0.5, 0.6) is 0 Å². The van der Waals surface area contributed by atoms with Gasteiger partial charge < -0.3 is 4.98 Å². The van der Waals surface area contributed by atoms with E-state index in [1.807, 2.05) is 6.20 Å². The van der Waals surface area contributed by atoms with E-state index in [2.05, 4.69) is 9.97 Å². The molecule has 1 aliphatic rings. The number of H-pyrrole nitrogens is 1. The summed E-state index contributed by atoms with van der Waals surface area (Å²) in [5.41, 5.74) is 1.21. The van der Waals surface area contributed by atoms with Crippen LogP contribution in [0.15, 0.2) is 6.20 Å². The molecular formula is C10H14N2O. The van der Waals surface area contributed by atoms with Gasteiger partial charge in [-0.05, 0) is 19.8 Å². The van der Waals surface area contributed by atoms with Gasteiger partial charge in [0.05, 0.1) is 6.42 Å². The van der Waals surface area contributed by atoms with E-state index in [1.165, 1.54) is 25.0 Å². The van der Waals surface area contributed by atoms with Gasteiger partial charge in [0.2, 0.25) is 0 Å². The summed E-state index contributed by atoms with van der Waals surface area (Å²) in [5, 5.41) is 0. The Balaban J connectivity index is 2.04. The first kappa shape index (κ1) is 8.48. The second-order valence-electron chi connectivity index (χ2n) is 3.79. The molecule has 0 amide bonds. The first-order valence-electron chi connectivity index (χ1n) is 4.79. The monoisotopic (exact) mass is 178 g/mol. The molecule has 3 heteroatoms. The quantitative estimate of drug-likeness (QED) is 0.767. The number of carbonyl (C=O) groups is 1. The Morgan fingerprint density at radius 2 is 2.46 bits per heavy atom. The number of carbonyl (C=O) groups excluding carboxylic acids is 1. The van der Waals surface area contributed by atoms with Crippen LogP contribution < -0.4 is 0 Å². The van der Waals surface area contributed by atoms with E-state index < -0.39 is 0 Å². The summed E-state index contributed by atoms with van der Waals surface area (Å²) in [4.78, 5) is 18.2. The zero-order chi connectivity index (χ0) is 9.26. The number of nitrogens with one attached hydrogen (secondary N) is 1. The Hall–Kier alpha value is -1.12. The molecule has 0 saturated heterocycles. The van der Waals surface area contributed by atoms with Crippen LogP contribution in [0.3, 0.4) is 0 Å². The fraction of sp³-hybridized carbons (Fsp3) is 0.600. The van der Waals surface area contributed by atoms with E-state index in [4.69, 9.17) is 0 Å². The molecule has 0 unspecified atom stereocenters. The van der Waals surface area contributed by atoms with Crippen LogP contribution in [0.2, 0.25) is 0 Å². The lowest BCUT2D eigenvalue weighted by molar-refractivity contribution is -0.116. The van der Waals surface area contributed by atoms with Crippen molar-refractivity contribution in [2.75, 3.05) is 0 Å². The number of ketones is 1. The van der Waals surface area contributed by atoms with E-state index in [0.29, 0.717) is 12.3 Å². The van der Waals surface area contributed by atoms with E-state index in [-0.39, 0.29) is 5.78 Å². The summed E-state index contributed by atoms with van der Waals surface area (Å²) in [6.07, 6.45) is 6.17. The van der Waals surface area contributed by atoms with Crippen molar-refractivity contribution in [2.45, 2.75) is 38.5 Å². The van der Waals surface area contributed by atoms with Gasteiger partial charge in [-0.1, -0.05) is 6.42 Å². The average molecular weight is 178 g/mol. The molecule has 1 aromatic rings. The minimum atomic E-state index is 0.162. The van der Waals surface area contributed by atoms with E-state index in [0.717, 1.165) is 5.82 Å². The van der Waals surface area contributed by atoms with Crippen LogP contribution in [0.1, 0.15) is 43.6 Å². The number of aromatic nitrogens is 2. The molecule has 1 saturated carbocycles. The van der Waals surface area contributed by atoms with Crippen molar-refractivity contribution >= 4 is 5.78 Å². The molecule has 0 aromatic carbocycles. The molecule has 2 rings (SSSR count). The van der Waals surface area contributed by atoms with Crippen molar-refractivity contribution < 1.29 is 4.79 Å². The predicted molar refractivity (Wildman–Crippen MR) is 49.6 cm³/mol. The van der Waals surface area contributed by atoms with Crippen LogP contribution in [-0.4, -0.2) is 15.8 Å². The van der Waals surface area contributed by atoms with Crippen LogP contribution in [0.4, 0.5) is 0 Å². The highest BCUT2D eigenvalue weighted by atomic mass is 16.1. The Bertz CT molecular complexity index is 312. The third kappa shape index (κ3) is 1.79. The summed E-state index contributed by atoms with van der Waals surface area (Å²) in [5.74, 6) is 1.65. The van der Waals surface area contributed by atoms with Crippen molar-refractivity contribution in [2.24, 2.45) is 0 Å². The number of imidazole rings is 1. The first-order chi connectivity index (χ1) is 6.25. The highest BCUT2D eigenvalue weighted by Gasteiger charge is 2.21. The zero-order valence-electron chi connectivity index (χ0n) is 7.84. The normalized spacial score (nSPS) is 17.0. The van der Waals surface area contributed by atoms with Crippen molar-refractivity contribution in [3.63, 3.8) is 0 Å². The van der Waals surface area contributed by atoms with Gasteiger partial charge in [0.1, 0.15) is 11.6 Å². The standard InChI is InChI=1S/C10H14N2O/c1-7(13)5-10-11-6-9(12-10)8-3-2-4-8/h6,8H,2-5H2,1H3,(H,11,12). The second-order valence-corrected chi connectivity index (χ2v) is 3.79. The van der Waals surface area contributed by atoms with Gasteiger partial charge in [0.25, 0.3) is 0 Å². The predicted octanol–water partition coefficient (Wildman–Crippen LogP) is 1.81. The highest BCUT2D eigenvalue weighted by Crippen LogP contribution is 2.35. The zero-order valence-corrected chi connectivity index (χ0v) is 7.84. The molecule has 0 aliphatic heterocycles. The van der Waals surface area contributed by atoms with Gasteiger partial charge in [0.15, 0.2) is 0 Å². The number of hydrogen-bond donors (Lipinski definition) is 1. The molecule has 3 nitrogen and oxygen atoms in total. The lowest BCUT2D eigenvalue weighted by Crippen LogP contribution is -2.09. The SMILES string of the molecule is CC(=O)Cc1ncc(C2CCC2)[nH]1. The fourth-order valence-electron chi connectivity index (χ4n) is 1.63. The molecule has 0 atom stereocenters. The van der Waals surface area contributed by atoms with E-state index >= 15 is 0 Å². The maximum Gasteiger partial charge on any atom is 0.137 e. The number of Topliss-reactive ketones (excluding diaryl/α,β-unsaturated/α-hetero) is 1. The molecule has 1 fully saturated rings. The first-order valence-corrected chi connectivity index (χ1v) is 4.79. The number of nitrogens with zero attached hydrogens (tertiary/aromatic N) is 1. The van der Waals surface area contributed by atoms with Crippen molar-refractivity contribution in [1.29, 1.82) is 0 Å². The molecule has 1 aliphatic carbocycles. The van der Waals surface area contributed by atoms with Gasteiger partial charge in [-0.15, -0.1) is 0 Å². The molecule has 1 N–H and O–H groups in total. The molecular weight excluding hydrogens is 164 g/mol. The van der Waals surface area contributed by atoms with Gasteiger partial charge >= 0.3 is 0 Å². The van der Waals surface area contributed by atoms with Crippen LogP contribution in [-0.2, 0) is 11.2 Å². The Labute approximate surface area is 77.6 Å². The maximum absolute atomic E-state index is 10.8. The van der Waals surface area contributed by atoms with Crippen LogP contribution in [0, 0.1) is 0 Å². The Morgan fingerprint density at radius 1 is 1.69 bits per heavy atom. The molecule has 0 radical (unpaired) electrons. The second kappa shape index (κ2) is 3.32. The largest absolute Gasteiger partial charge is 0.345 e. The Morgan fingerprint density at radius 3 is 3.00 bits per heavy atom. The minimum absolute atomic E-state index is 0.162. The Kier molecular flexibility index (Phi) is 2.17. The summed E-state index contributed by atoms with van der Waals surface area (Å²) < 4.78 is 0. The third-order valence-corrected chi connectivity index (χ3v) is 2.61. The van der Waals surface area contributed by atoms with Crippen molar-refractivity contribution in [3.05, 3.63) is 17.7 Å². The molecule has 13 heavy (non-hydrogen) atoms. The number of aromatic amines is 1. The molecule has 70 valence electrons. The minimum Gasteiger partial charge on any atom is -0.345 e. The van der Waals surface area contributed by atoms with Crippen molar-refractivity contribution in [1.82, 2.24) is 9.97 Å². The number of hydrogen-bond acceptors (Lipinski definition) is 2. The summed E-state index contributed by atoms with van der Waals surface area (Å²) >= 11 is 0. The summed E-state index contributed by atoms with van der Waals surface area (Å²) in [6, 6.07) is 0. The van der Waals surface area contributed by atoms with Gasteiger partial charge in [0, 0.05) is 17.8 Å². The number of rotatable bonds is 3. The van der Waals surface area contributed by atoms with Crippen molar-refractivity contribution in [3.8, 4) is 0 Å². The average Bonchev–Trinajstić information content (AvgIpc) is 2.31. The van der Waals surface area contributed by atoms with E-state index in [1.54, 1.807) is 6.92 Å². The van der Waals surface area contributed by atoms with Gasteiger partial charge in [-0.2, -0.15) is 0 Å². The summed E-state index contributed by atoms with van der Waals surface area (Å²) in [6.45, 7) is 1.59. The smallest absolute Gasteiger partial charge is 0.137 e. The van der Waals surface area contributed by atoms with E-state index in [9.17, 15) is 4.79 Å². The summed E-state index contributed by atoms with van der Waals surface area (Å²) in [7, 11) is 0. The molecule has 1 heterocycles. The fourth-order valence-corrected chi connectivity index (χ4v) is 1.63. The maximum atomic E-state index is 10.8. The molecule has 0 bridgehead atoms. The molecule has 0 spiro atoms. The third-order valence-electron chi connectivity index (χ3n) is 2.61.